The van der Waals surface area contributed by atoms with Crippen LogP contribution in [0.2, 0.25) is 0 Å². The number of rotatable bonds is 5. The summed E-state index contributed by atoms with van der Waals surface area (Å²) in [6, 6.07) is 4.44. The fourth-order valence-corrected chi connectivity index (χ4v) is 3.26. The zero-order chi connectivity index (χ0) is 17.5. The zero-order valence-corrected chi connectivity index (χ0v) is 13.7. The smallest absolute Gasteiger partial charge is 0.376 e. The molecule has 0 aliphatic heterocycles. The van der Waals surface area contributed by atoms with Gasteiger partial charge in [-0.1, -0.05) is 23.8 Å². The highest BCUT2D eigenvalue weighted by Gasteiger charge is 2.62. The van der Waals surface area contributed by atoms with Crippen molar-refractivity contribution in [3.8, 4) is 0 Å². The second-order valence-electron chi connectivity index (χ2n) is 5.56. The third-order valence-corrected chi connectivity index (χ3v) is 4.90. The van der Waals surface area contributed by atoms with Gasteiger partial charge in [0.25, 0.3) is 0 Å². The lowest BCUT2D eigenvalue weighted by Crippen LogP contribution is -2.53. The number of aryl methyl sites for hydroxylation is 2. The first-order valence-corrected chi connectivity index (χ1v) is 8.58. The van der Waals surface area contributed by atoms with Gasteiger partial charge < -0.3 is 5.11 Å². The number of halogens is 2. The molecule has 0 aliphatic rings. The van der Waals surface area contributed by atoms with Crippen LogP contribution in [0.15, 0.2) is 30.9 Å². The Morgan fingerprint density at radius 3 is 2.43 bits per heavy atom. The number of hydrogen-bond acceptors (Lipinski definition) is 5. The molecule has 0 saturated heterocycles. The maximum Gasteiger partial charge on any atom is 0.379 e. The van der Waals surface area contributed by atoms with E-state index in [1.807, 2.05) is 0 Å². The van der Waals surface area contributed by atoms with Crippen molar-refractivity contribution in [1.82, 2.24) is 14.8 Å². The normalized spacial score (nSPS) is 15.4. The summed E-state index contributed by atoms with van der Waals surface area (Å²) in [6.45, 7) is 2.55. The van der Waals surface area contributed by atoms with Crippen molar-refractivity contribution in [1.29, 1.82) is 0 Å². The number of sulfone groups is 1. The second-order valence-corrected chi connectivity index (χ2v) is 7.62. The molecule has 0 bridgehead atoms. The summed E-state index contributed by atoms with van der Waals surface area (Å²) in [5.74, 6) is 0. The van der Waals surface area contributed by atoms with E-state index in [0.29, 0.717) is 11.8 Å². The van der Waals surface area contributed by atoms with Crippen molar-refractivity contribution in [3.63, 3.8) is 0 Å². The van der Waals surface area contributed by atoms with E-state index in [1.165, 1.54) is 19.1 Å². The quantitative estimate of drug-likeness (QED) is 0.886. The molecule has 2 aromatic rings. The van der Waals surface area contributed by atoms with Gasteiger partial charge in [-0.15, -0.1) is 0 Å². The standard InChI is InChI=1S/C14H17F2N3O3S/c1-10-4-5-12(11(2)6-10)13(20,7-19-9-17-8-18-19)14(15,16)23(3,21)22/h4-6,8-9,20H,7H2,1-3H3. The predicted octanol–water partition coefficient (Wildman–Crippen LogP) is 1.42. The zero-order valence-electron chi connectivity index (χ0n) is 12.9. The SMILES string of the molecule is Cc1ccc(C(O)(Cn2cncn2)C(F)(F)S(C)(=O)=O)c(C)c1. The minimum atomic E-state index is -4.88. The number of nitrogens with zero attached hydrogens (tertiary/aromatic N) is 3. The van der Waals surface area contributed by atoms with Gasteiger partial charge in [0.2, 0.25) is 9.84 Å². The Morgan fingerprint density at radius 1 is 1.30 bits per heavy atom. The highest BCUT2D eigenvalue weighted by Crippen LogP contribution is 2.43. The Labute approximate surface area is 132 Å². The summed E-state index contributed by atoms with van der Waals surface area (Å²) in [5, 5.41) is 10.0. The Morgan fingerprint density at radius 2 is 1.96 bits per heavy atom. The van der Waals surface area contributed by atoms with Crippen LogP contribution in [0.1, 0.15) is 16.7 Å². The molecular formula is C14H17F2N3O3S. The fraction of sp³-hybridized carbons (Fsp3) is 0.429. The van der Waals surface area contributed by atoms with Crippen LogP contribution in [0.3, 0.4) is 0 Å². The van der Waals surface area contributed by atoms with Gasteiger partial charge >= 0.3 is 5.25 Å². The lowest BCUT2D eigenvalue weighted by molar-refractivity contribution is -0.143. The molecule has 1 aromatic heterocycles. The van der Waals surface area contributed by atoms with Crippen molar-refractivity contribution in [3.05, 3.63) is 47.5 Å². The summed E-state index contributed by atoms with van der Waals surface area (Å²) < 4.78 is 53.5. The van der Waals surface area contributed by atoms with Gasteiger partial charge in [-0.3, -0.25) is 0 Å². The van der Waals surface area contributed by atoms with Crippen LogP contribution < -0.4 is 0 Å². The predicted molar refractivity (Wildman–Crippen MR) is 79.6 cm³/mol. The molecule has 126 valence electrons. The third-order valence-electron chi connectivity index (χ3n) is 3.63. The summed E-state index contributed by atoms with van der Waals surface area (Å²) >= 11 is 0. The van der Waals surface area contributed by atoms with E-state index in [0.717, 1.165) is 22.9 Å². The molecule has 0 saturated carbocycles. The highest BCUT2D eigenvalue weighted by atomic mass is 32.2. The average Bonchev–Trinajstić information content (AvgIpc) is 2.89. The van der Waals surface area contributed by atoms with Gasteiger partial charge in [0.05, 0.1) is 6.54 Å². The van der Waals surface area contributed by atoms with E-state index in [9.17, 15) is 22.3 Å². The topological polar surface area (TPSA) is 85.1 Å². The van der Waals surface area contributed by atoms with Crippen LogP contribution in [0, 0.1) is 13.8 Å². The van der Waals surface area contributed by atoms with Crippen LogP contribution in [-0.2, 0) is 22.0 Å². The fourth-order valence-electron chi connectivity index (χ4n) is 2.47. The summed E-state index contributed by atoms with van der Waals surface area (Å²) in [7, 11) is -4.88. The van der Waals surface area contributed by atoms with Crippen LogP contribution in [0.4, 0.5) is 8.78 Å². The van der Waals surface area contributed by atoms with E-state index in [2.05, 4.69) is 10.1 Å². The van der Waals surface area contributed by atoms with Crippen molar-refractivity contribution in [2.75, 3.05) is 6.26 Å². The largest absolute Gasteiger partial charge is 0.379 e. The summed E-state index contributed by atoms with van der Waals surface area (Å²) in [4.78, 5) is 3.63. The first-order valence-electron chi connectivity index (χ1n) is 6.69. The first-order chi connectivity index (χ1) is 10.5. The molecule has 0 fully saturated rings. The number of aliphatic hydroxyl groups is 1. The van der Waals surface area contributed by atoms with Crippen molar-refractivity contribution >= 4 is 9.84 Å². The molecule has 0 radical (unpaired) electrons. The maximum absolute atomic E-state index is 14.6. The minimum absolute atomic E-state index is 0.172. The molecule has 1 N–H and O–H groups in total. The minimum Gasteiger partial charge on any atom is -0.376 e. The third kappa shape index (κ3) is 2.98. The Balaban J connectivity index is 2.69. The summed E-state index contributed by atoms with van der Waals surface area (Å²) in [6.07, 6.45) is 2.64. The second kappa shape index (κ2) is 5.64. The maximum atomic E-state index is 14.6. The lowest BCUT2D eigenvalue weighted by Gasteiger charge is -2.35. The van der Waals surface area contributed by atoms with Gasteiger partial charge in [0.15, 0.2) is 5.60 Å². The number of alkyl halides is 2. The van der Waals surface area contributed by atoms with Crippen LogP contribution in [-0.4, -0.2) is 39.8 Å². The monoisotopic (exact) mass is 345 g/mol. The number of hydrogen-bond donors (Lipinski definition) is 1. The lowest BCUT2D eigenvalue weighted by atomic mass is 9.89. The van der Waals surface area contributed by atoms with Gasteiger partial charge in [-0.05, 0) is 25.0 Å². The van der Waals surface area contributed by atoms with E-state index >= 15 is 0 Å². The molecule has 6 nitrogen and oxygen atoms in total. The first kappa shape index (κ1) is 17.5. The molecule has 0 aliphatic carbocycles. The number of aromatic nitrogens is 3. The van der Waals surface area contributed by atoms with Crippen molar-refractivity contribution < 1.29 is 22.3 Å². The summed E-state index contributed by atoms with van der Waals surface area (Å²) in [5.41, 5.74) is -1.99. The van der Waals surface area contributed by atoms with Crippen molar-refractivity contribution in [2.24, 2.45) is 0 Å². The highest BCUT2D eigenvalue weighted by molar-refractivity contribution is 7.91. The van der Waals surface area contributed by atoms with Crippen LogP contribution in [0.25, 0.3) is 0 Å². The molecule has 23 heavy (non-hydrogen) atoms. The molecule has 1 unspecified atom stereocenters. The van der Waals surface area contributed by atoms with Crippen LogP contribution >= 0.6 is 0 Å². The average molecular weight is 345 g/mol. The van der Waals surface area contributed by atoms with Gasteiger partial charge in [-0.25, -0.2) is 18.1 Å². The van der Waals surface area contributed by atoms with E-state index in [-0.39, 0.29) is 5.56 Å². The number of benzene rings is 1. The van der Waals surface area contributed by atoms with Gasteiger partial charge in [0.1, 0.15) is 12.7 Å². The van der Waals surface area contributed by atoms with Gasteiger partial charge in [-0.2, -0.15) is 13.9 Å². The van der Waals surface area contributed by atoms with E-state index in [4.69, 9.17) is 0 Å². The molecule has 1 heterocycles. The molecule has 2 rings (SSSR count). The molecule has 1 aromatic carbocycles. The van der Waals surface area contributed by atoms with Crippen LogP contribution in [0.5, 0.6) is 0 Å². The van der Waals surface area contributed by atoms with E-state index < -0.39 is 27.2 Å². The Kier molecular flexibility index (Phi) is 4.29. The van der Waals surface area contributed by atoms with Gasteiger partial charge in [0, 0.05) is 6.26 Å². The van der Waals surface area contributed by atoms with E-state index in [1.54, 1.807) is 13.0 Å². The Bertz CT molecular complexity index is 807. The molecule has 9 heteroatoms. The molecule has 0 amide bonds. The Hall–Kier alpha value is -1.87. The van der Waals surface area contributed by atoms with Crippen molar-refractivity contribution in [2.45, 2.75) is 31.2 Å². The molecular weight excluding hydrogens is 328 g/mol. The molecule has 0 spiro atoms. The molecule has 1 atom stereocenters.